The average molecular weight is 367 g/mol. The number of benzene rings is 1. The van der Waals surface area contributed by atoms with Gasteiger partial charge in [0.05, 0.1) is 6.04 Å². The van der Waals surface area contributed by atoms with Gasteiger partial charge in [0.15, 0.2) is 0 Å². The Bertz CT molecular complexity index is 818. The number of amides is 1. The number of piperidine rings is 1. The molecule has 2 aliphatic heterocycles. The maximum Gasteiger partial charge on any atom is 0.268 e. The molecule has 27 heavy (non-hydrogen) atoms. The van der Waals surface area contributed by atoms with Crippen LogP contribution in [0, 0.1) is 0 Å². The van der Waals surface area contributed by atoms with Gasteiger partial charge in [-0.1, -0.05) is 18.2 Å². The largest absolute Gasteiger partial charge is 0.487 e. The lowest BCUT2D eigenvalue weighted by atomic mass is 9.80. The number of hydrogen-bond acceptors (Lipinski definition) is 3. The molecule has 0 saturated carbocycles. The van der Waals surface area contributed by atoms with Gasteiger partial charge in [-0.15, -0.1) is 0 Å². The number of hydrogen-bond donors (Lipinski definition) is 1. The predicted molar refractivity (Wildman–Crippen MR) is 106 cm³/mol. The number of para-hydroxylation sites is 1. The third-order valence-electron chi connectivity index (χ3n) is 6.12. The van der Waals surface area contributed by atoms with Gasteiger partial charge in [-0.05, 0) is 44.9 Å². The van der Waals surface area contributed by atoms with Crippen LogP contribution in [0.4, 0.5) is 0 Å². The van der Waals surface area contributed by atoms with Crippen molar-refractivity contribution in [3.05, 3.63) is 53.9 Å². The van der Waals surface area contributed by atoms with E-state index in [0.29, 0.717) is 11.7 Å². The molecule has 1 atom stereocenters. The molecule has 4 rings (SSSR count). The lowest BCUT2D eigenvalue weighted by Gasteiger charge is -2.47. The van der Waals surface area contributed by atoms with E-state index in [1.807, 2.05) is 48.1 Å². The number of nitrogens with one attached hydrogen (secondary N) is 1. The number of carbonyl (C=O) groups excluding carboxylic acids is 1. The van der Waals surface area contributed by atoms with Gasteiger partial charge in [-0.3, -0.25) is 4.79 Å². The fourth-order valence-corrected chi connectivity index (χ4v) is 4.43. The van der Waals surface area contributed by atoms with Crippen molar-refractivity contribution in [1.82, 2.24) is 14.8 Å². The molecule has 1 aromatic carbocycles. The first kappa shape index (κ1) is 18.1. The van der Waals surface area contributed by atoms with Gasteiger partial charge >= 0.3 is 0 Å². The minimum atomic E-state index is -0.189. The lowest BCUT2D eigenvalue weighted by Crippen LogP contribution is -2.53. The molecule has 1 amide bonds. The van der Waals surface area contributed by atoms with Crippen LogP contribution >= 0.6 is 0 Å². The molecule has 5 nitrogen and oxygen atoms in total. The Morgan fingerprint density at radius 3 is 2.59 bits per heavy atom. The van der Waals surface area contributed by atoms with Crippen LogP contribution in [0.15, 0.2) is 42.6 Å². The summed E-state index contributed by atoms with van der Waals surface area (Å²) in [7, 11) is 1.90. The fraction of sp³-hybridized carbons (Fsp3) is 0.500. The third kappa shape index (κ3) is 3.48. The number of aromatic nitrogens is 1. The quantitative estimate of drug-likeness (QED) is 0.903. The minimum Gasteiger partial charge on any atom is -0.487 e. The van der Waals surface area contributed by atoms with Crippen LogP contribution in [-0.4, -0.2) is 40.1 Å². The molecule has 1 unspecified atom stereocenters. The van der Waals surface area contributed by atoms with Crippen molar-refractivity contribution in [2.24, 2.45) is 7.05 Å². The van der Waals surface area contributed by atoms with E-state index in [4.69, 9.17) is 4.74 Å². The Morgan fingerprint density at radius 2 is 1.93 bits per heavy atom. The number of nitrogens with zero attached hydrogens (tertiary/aromatic N) is 2. The summed E-state index contributed by atoms with van der Waals surface area (Å²) < 4.78 is 8.39. The molecule has 0 aliphatic carbocycles. The molecular weight excluding hydrogens is 338 g/mol. The topological polar surface area (TPSA) is 46.5 Å². The van der Waals surface area contributed by atoms with E-state index >= 15 is 0 Å². The van der Waals surface area contributed by atoms with Gasteiger partial charge in [0, 0.05) is 44.4 Å². The highest BCUT2D eigenvalue weighted by Crippen LogP contribution is 2.44. The normalized spacial score (nSPS) is 21.7. The zero-order chi connectivity index (χ0) is 19.0. The van der Waals surface area contributed by atoms with Crippen LogP contribution < -0.4 is 10.1 Å². The Morgan fingerprint density at radius 1 is 1.19 bits per heavy atom. The molecule has 2 aliphatic rings. The molecule has 2 aromatic rings. The molecule has 1 aromatic heterocycles. The second-order valence-corrected chi connectivity index (χ2v) is 8.19. The summed E-state index contributed by atoms with van der Waals surface area (Å²) in [5.74, 6) is 0.887. The van der Waals surface area contributed by atoms with Crippen LogP contribution in [0.25, 0.3) is 0 Å². The summed E-state index contributed by atoms with van der Waals surface area (Å²) in [5, 5.41) is 3.27. The molecule has 0 radical (unpaired) electrons. The second-order valence-electron chi connectivity index (χ2n) is 8.19. The minimum absolute atomic E-state index is 0.0250. The molecule has 1 N–H and O–H groups in total. The Hall–Kier alpha value is -2.27. The lowest BCUT2D eigenvalue weighted by molar-refractivity contribution is -0.0306. The van der Waals surface area contributed by atoms with Crippen molar-refractivity contribution in [2.75, 3.05) is 13.1 Å². The van der Waals surface area contributed by atoms with Crippen LogP contribution in [0.5, 0.6) is 5.75 Å². The van der Waals surface area contributed by atoms with Crippen LogP contribution in [0.3, 0.4) is 0 Å². The van der Waals surface area contributed by atoms with Crippen molar-refractivity contribution in [2.45, 2.75) is 50.8 Å². The first-order valence-corrected chi connectivity index (χ1v) is 9.92. The van der Waals surface area contributed by atoms with Crippen LogP contribution in [0.1, 0.15) is 55.2 Å². The van der Waals surface area contributed by atoms with Crippen LogP contribution in [0.2, 0.25) is 0 Å². The number of rotatable bonds is 3. The smallest absolute Gasteiger partial charge is 0.268 e. The van der Waals surface area contributed by atoms with E-state index in [1.54, 1.807) is 0 Å². The number of fused-ring (bicyclic) bond motifs is 1. The van der Waals surface area contributed by atoms with E-state index < -0.39 is 0 Å². The molecule has 1 saturated heterocycles. The number of aryl methyl sites for hydroxylation is 1. The van der Waals surface area contributed by atoms with E-state index in [1.165, 1.54) is 0 Å². The first-order valence-electron chi connectivity index (χ1n) is 9.92. The van der Waals surface area contributed by atoms with Crippen molar-refractivity contribution < 1.29 is 9.53 Å². The van der Waals surface area contributed by atoms with E-state index in [0.717, 1.165) is 43.7 Å². The molecule has 3 heterocycles. The van der Waals surface area contributed by atoms with Crippen molar-refractivity contribution >= 4 is 5.91 Å². The molecule has 1 spiro atoms. The third-order valence-corrected chi connectivity index (χ3v) is 6.12. The summed E-state index contributed by atoms with van der Waals surface area (Å²) in [6.45, 7) is 6.58. The zero-order valence-corrected chi connectivity index (χ0v) is 16.4. The maximum absolute atomic E-state index is 12.8. The summed E-state index contributed by atoms with van der Waals surface area (Å²) >= 11 is 0. The SMILES string of the molecule is CC(C)N1CCC2(CC1)CC(NC(=O)c1cccn1C)c1ccccc1O2. The predicted octanol–water partition coefficient (Wildman–Crippen LogP) is 3.52. The molecule has 1 fully saturated rings. The summed E-state index contributed by atoms with van der Waals surface area (Å²) in [5.41, 5.74) is 1.57. The molecule has 0 bridgehead atoms. The van der Waals surface area contributed by atoms with Crippen LogP contribution in [-0.2, 0) is 7.05 Å². The van der Waals surface area contributed by atoms with E-state index in [-0.39, 0.29) is 17.6 Å². The highest BCUT2D eigenvalue weighted by Gasteiger charge is 2.44. The summed E-state index contributed by atoms with van der Waals surface area (Å²) in [6.07, 6.45) is 4.72. The second kappa shape index (κ2) is 7.04. The first-order chi connectivity index (χ1) is 13.0. The zero-order valence-electron chi connectivity index (χ0n) is 16.4. The maximum atomic E-state index is 12.8. The average Bonchev–Trinajstić information content (AvgIpc) is 3.08. The Kier molecular flexibility index (Phi) is 4.72. The Balaban J connectivity index is 1.57. The molecule has 5 heteroatoms. The fourth-order valence-electron chi connectivity index (χ4n) is 4.43. The molecule has 144 valence electrons. The molecular formula is C22H29N3O2. The van der Waals surface area contributed by atoms with Crippen molar-refractivity contribution in [3.63, 3.8) is 0 Å². The summed E-state index contributed by atoms with van der Waals surface area (Å²) in [6, 6.07) is 12.4. The van der Waals surface area contributed by atoms with Gasteiger partial charge in [-0.2, -0.15) is 0 Å². The van der Waals surface area contributed by atoms with Gasteiger partial charge in [0.2, 0.25) is 0 Å². The van der Waals surface area contributed by atoms with Gasteiger partial charge in [-0.25, -0.2) is 0 Å². The number of ether oxygens (including phenoxy) is 1. The van der Waals surface area contributed by atoms with Crippen molar-refractivity contribution in [3.8, 4) is 5.75 Å². The van der Waals surface area contributed by atoms with Crippen molar-refractivity contribution in [1.29, 1.82) is 0 Å². The number of carbonyl (C=O) groups is 1. The van der Waals surface area contributed by atoms with E-state index in [9.17, 15) is 4.79 Å². The highest BCUT2D eigenvalue weighted by molar-refractivity contribution is 5.93. The highest BCUT2D eigenvalue weighted by atomic mass is 16.5. The summed E-state index contributed by atoms with van der Waals surface area (Å²) in [4.78, 5) is 15.3. The van der Waals surface area contributed by atoms with Gasteiger partial charge < -0.3 is 19.5 Å². The van der Waals surface area contributed by atoms with Gasteiger partial charge in [0.25, 0.3) is 5.91 Å². The van der Waals surface area contributed by atoms with E-state index in [2.05, 4.69) is 30.1 Å². The standard InChI is InChI=1S/C22H29N3O2/c1-16(2)25-13-10-22(11-14-25)15-18(17-7-4-5-9-20(17)27-22)23-21(26)19-8-6-12-24(19)3/h4-9,12,16,18H,10-11,13-15H2,1-3H3,(H,23,26). The number of likely N-dealkylation sites (tertiary alicyclic amines) is 1. The monoisotopic (exact) mass is 367 g/mol. The Labute approximate surface area is 161 Å². The van der Waals surface area contributed by atoms with Gasteiger partial charge in [0.1, 0.15) is 17.0 Å².